The van der Waals surface area contributed by atoms with Crippen molar-refractivity contribution in [2.45, 2.75) is 20.1 Å². The van der Waals surface area contributed by atoms with Gasteiger partial charge in [0.2, 0.25) is 0 Å². The molecule has 0 unspecified atom stereocenters. The van der Waals surface area contributed by atoms with Crippen LogP contribution in [0.3, 0.4) is 0 Å². The van der Waals surface area contributed by atoms with Crippen LogP contribution in [-0.2, 0) is 13.2 Å². The van der Waals surface area contributed by atoms with E-state index in [9.17, 15) is 10.2 Å². The molecule has 29 heavy (non-hydrogen) atoms. The van der Waals surface area contributed by atoms with Crippen molar-refractivity contribution in [2.24, 2.45) is 10.2 Å². The number of benzene rings is 2. The summed E-state index contributed by atoms with van der Waals surface area (Å²) in [6, 6.07) is 15.5. The number of hydrogen-bond acceptors (Lipinski definition) is 6. The minimum Gasteiger partial charge on any atom is -0.505 e. The maximum atomic E-state index is 10.1. The molecule has 0 spiro atoms. The smallest absolute Gasteiger partial charge is 0.145 e. The fourth-order valence-corrected chi connectivity index (χ4v) is 2.97. The Labute approximate surface area is 177 Å². The largest absolute Gasteiger partial charge is 0.505 e. The summed E-state index contributed by atoms with van der Waals surface area (Å²) < 4.78 is 6.81. The highest BCUT2D eigenvalue weighted by Crippen LogP contribution is 2.24. The van der Waals surface area contributed by atoms with E-state index in [1.807, 2.05) is 48.5 Å². The molecule has 0 amide bonds. The third-order valence-corrected chi connectivity index (χ3v) is 4.68. The Morgan fingerprint density at radius 3 is 2.62 bits per heavy atom. The topological polar surface area (TPSA) is 87.3 Å². The summed E-state index contributed by atoms with van der Waals surface area (Å²) in [5.41, 5.74) is 3.14. The Balaban J connectivity index is 1.78. The molecule has 7 heteroatoms. The first-order chi connectivity index (χ1) is 14.1. The first-order valence-electron chi connectivity index (χ1n) is 8.89. The number of halogens is 1. The predicted octanol–water partition coefficient (Wildman–Crippen LogP) is 4.38. The molecule has 0 aliphatic heterocycles. The van der Waals surface area contributed by atoms with E-state index in [0.717, 1.165) is 15.6 Å². The third-order valence-electron chi connectivity index (χ3n) is 4.19. The summed E-state index contributed by atoms with van der Waals surface area (Å²) in [5, 5.41) is 27.6. The van der Waals surface area contributed by atoms with E-state index in [2.05, 4.69) is 31.1 Å². The maximum Gasteiger partial charge on any atom is 0.145 e. The summed E-state index contributed by atoms with van der Waals surface area (Å²) in [5.74, 6) is 0.652. The van der Waals surface area contributed by atoms with Crippen LogP contribution in [0, 0.1) is 6.92 Å². The standard InChI is InChI=1S/C22H20BrN3O3/c1-15-22(28)20(18(13-27)10-24-15)12-26-25-11-17-9-19(23)7-8-21(17)29-14-16-5-3-2-4-6-16/h2-12,27-28H,13-14H2,1H3. The first kappa shape index (κ1) is 20.7. The van der Waals surface area contributed by atoms with Gasteiger partial charge in [-0.3, -0.25) is 4.98 Å². The van der Waals surface area contributed by atoms with Crippen molar-refractivity contribution >= 4 is 28.4 Å². The van der Waals surface area contributed by atoms with Gasteiger partial charge in [0.1, 0.15) is 18.1 Å². The fourth-order valence-electron chi connectivity index (χ4n) is 2.60. The fraction of sp³-hybridized carbons (Fsp3) is 0.136. The van der Waals surface area contributed by atoms with Gasteiger partial charge in [-0.1, -0.05) is 46.3 Å². The van der Waals surface area contributed by atoms with E-state index in [1.54, 1.807) is 13.1 Å². The summed E-state index contributed by atoms with van der Waals surface area (Å²) in [4.78, 5) is 4.02. The number of hydrogen-bond donors (Lipinski definition) is 2. The lowest BCUT2D eigenvalue weighted by molar-refractivity contribution is 0.280. The highest BCUT2D eigenvalue weighted by atomic mass is 79.9. The summed E-state index contributed by atoms with van der Waals surface area (Å²) in [6.07, 6.45) is 4.48. The van der Waals surface area contributed by atoms with E-state index in [0.29, 0.717) is 29.2 Å². The van der Waals surface area contributed by atoms with Gasteiger partial charge >= 0.3 is 0 Å². The number of aromatic nitrogens is 1. The second kappa shape index (κ2) is 9.95. The van der Waals surface area contributed by atoms with Crippen molar-refractivity contribution in [1.82, 2.24) is 4.98 Å². The van der Waals surface area contributed by atoms with Crippen LogP contribution in [-0.4, -0.2) is 27.6 Å². The van der Waals surface area contributed by atoms with Gasteiger partial charge in [0.15, 0.2) is 0 Å². The Morgan fingerprint density at radius 2 is 1.86 bits per heavy atom. The van der Waals surface area contributed by atoms with Gasteiger partial charge in [-0.25, -0.2) is 0 Å². The molecule has 0 radical (unpaired) electrons. The van der Waals surface area contributed by atoms with Gasteiger partial charge < -0.3 is 14.9 Å². The maximum absolute atomic E-state index is 10.1. The number of ether oxygens (including phenoxy) is 1. The Morgan fingerprint density at radius 1 is 1.10 bits per heavy atom. The molecular weight excluding hydrogens is 434 g/mol. The number of nitrogens with zero attached hydrogens (tertiary/aromatic N) is 3. The normalized spacial score (nSPS) is 11.4. The van der Waals surface area contributed by atoms with Crippen LogP contribution in [0.5, 0.6) is 11.5 Å². The Kier molecular flexibility index (Phi) is 7.10. The van der Waals surface area contributed by atoms with Crippen LogP contribution in [0.2, 0.25) is 0 Å². The van der Waals surface area contributed by atoms with Gasteiger partial charge in [0, 0.05) is 27.4 Å². The molecular formula is C22H20BrN3O3. The monoisotopic (exact) mass is 453 g/mol. The zero-order chi connectivity index (χ0) is 20.6. The molecule has 0 aliphatic carbocycles. The molecule has 1 heterocycles. The molecule has 0 saturated carbocycles. The van der Waals surface area contributed by atoms with Crippen LogP contribution in [0.4, 0.5) is 0 Å². The molecule has 0 bridgehead atoms. The number of aromatic hydroxyl groups is 1. The van der Waals surface area contributed by atoms with E-state index in [1.165, 1.54) is 12.4 Å². The molecule has 0 aliphatic rings. The molecule has 2 aromatic carbocycles. The average Bonchev–Trinajstić information content (AvgIpc) is 2.74. The molecule has 148 valence electrons. The van der Waals surface area contributed by atoms with Crippen LogP contribution >= 0.6 is 15.9 Å². The lowest BCUT2D eigenvalue weighted by Crippen LogP contribution is -1.98. The van der Waals surface area contributed by atoms with Gasteiger partial charge in [0.05, 0.1) is 24.7 Å². The van der Waals surface area contributed by atoms with Crippen LogP contribution in [0.15, 0.2) is 69.4 Å². The van der Waals surface area contributed by atoms with Crippen molar-refractivity contribution in [3.8, 4) is 11.5 Å². The van der Waals surface area contributed by atoms with Gasteiger partial charge in [-0.15, -0.1) is 0 Å². The molecule has 0 atom stereocenters. The molecule has 3 aromatic rings. The minimum absolute atomic E-state index is 0.0233. The third kappa shape index (κ3) is 5.49. The lowest BCUT2D eigenvalue weighted by Gasteiger charge is -2.09. The van der Waals surface area contributed by atoms with Crippen molar-refractivity contribution in [3.05, 3.63) is 87.1 Å². The number of aliphatic hydroxyl groups is 1. The summed E-state index contributed by atoms with van der Waals surface area (Å²) in [7, 11) is 0. The summed E-state index contributed by atoms with van der Waals surface area (Å²) in [6.45, 7) is 1.86. The SMILES string of the molecule is Cc1ncc(CO)c(C=NN=Cc2cc(Br)ccc2OCc2ccccc2)c1O. The van der Waals surface area contributed by atoms with E-state index in [4.69, 9.17) is 4.74 Å². The van der Waals surface area contributed by atoms with E-state index in [-0.39, 0.29) is 12.4 Å². The minimum atomic E-state index is -0.255. The van der Waals surface area contributed by atoms with E-state index < -0.39 is 0 Å². The molecule has 0 saturated heterocycles. The van der Waals surface area contributed by atoms with Crippen LogP contribution < -0.4 is 4.74 Å². The van der Waals surface area contributed by atoms with Crippen molar-refractivity contribution in [3.63, 3.8) is 0 Å². The van der Waals surface area contributed by atoms with Crippen LogP contribution in [0.1, 0.15) is 27.9 Å². The lowest BCUT2D eigenvalue weighted by atomic mass is 10.1. The molecule has 2 N–H and O–H groups in total. The van der Waals surface area contributed by atoms with Gasteiger partial charge in [0.25, 0.3) is 0 Å². The predicted molar refractivity (Wildman–Crippen MR) is 117 cm³/mol. The average molecular weight is 454 g/mol. The highest BCUT2D eigenvalue weighted by Gasteiger charge is 2.09. The summed E-state index contributed by atoms with van der Waals surface area (Å²) >= 11 is 3.45. The molecule has 0 fully saturated rings. The molecule has 3 rings (SSSR count). The zero-order valence-electron chi connectivity index (χ0n) is 15.8. The zero-order valence-corrected chi connectivity index (χ0v) is 17.4. The molecule has 6 nitrogen and oxygen atoms in total. The Bertz CT molecular complexity index is 1040. The number of aryl methyl sites for hydroxylation is 1. The molecule has 1 aromatic heterocycles. The second-order valence-electron chi connectivity index (χ2n) is 6.23. The van der Waals surface area contributed by atoms with Crippen LogP contribution in [0.25, 0.3) is 0 Å². The van der Waals surface area contributed by atoms with Crippen molar-refractivity contribution in [2.75, 3.05) is 0 Å². The quantitative estimate of drug-likeness (QED) is 0.410. The van der Waals surface area contributed by atoms with Crippen molar-refractivity contribution in [1.29, 1.82) is 0 Å². The number of rotatable bonds is 7. The van der Waals surface area contributed by atoms with Crippen molar-refractivity contribution < 1.29 is 14.9 Å². The van der Waals surface area contributed by atoms with Gasteiger partial charge in [-0.05, 0) is 30.7 Å². The number of aliphatic hydroxyl groups excluding tert-OH is 1. The highest BCUT2D eigenvalue weighted by molar-refractivity contribution is 9.10. The number of pyridine rings is 1. The first-order valence-corrected chi connectivity index (χ1v) is 9.68. The van der Waals surface area contributed by atoms with E-state index >= 15 is 0 Å². The Hall–Kier alpha value is -3.03. The second-order valence-corrected chi connectivity index (χ2v) is 7.15. The van der Waals surface area contributed by atoms with Gasteiger partial charge in [-0.2, -0.15) is 10.2 Å².